The summed E-state index contributed by atoms with van der Waals surface area (Å²) in [6, 6.07) is 6.88. The van der Waals surface area contributed by atoms with Gasteiger partial charge in [0, 0.05) is 12.8 Å². The van der Waals surface area contributed by atoms with Crippen LogP contribution in [0.25, 0.3) is 0 Å². The molecule has 4 nitrogen and oxygen atoms in total. The Morgan fingerprint density at radius 1 is 1.00 bits per heavy atom. The van der Waals surface area contributed by atoms with Gasteiger partial charge in [-0.05, 0) is 44.2 Å². The number of rotatable bonds is 10. The summed E-state index contributed by atoms with van der Waals surface area (Å²) in [6.45, 7) is 6.13. The lowest BCUT2D eigenvalue weighted by atomic mass is 10.1. The summed E-state index contributed by atoms with van der Waals surface area (Å²) in [5.41, 5.74) is 0. The molecule has 134 valence electrons. The molecule has 0 aliphatic rings. The summed E-state index contributed by atoms with van der Waals surface area (Å²) in [5.74, 6) is 0.418. The van der Waals surface area contributed by atoms with Crippen molar-refractivity contribution in [2.45, 2.75) is 65.4 Å². The van der Waals surface area contributed by atoms with Crippen LogP contribution >= 0.6 is 11.6 Å². The first-order valence-corrected chi connectivity index (χ1v) is 8.91. The first-order chi connectivity index (χ1) is 11.4. The molecule has 0 heterocycles. The molecule has 0 N–H and O–H groups in total. The normalized spacial score (nSPS) is 12.0. The Bertz CT molecular complexity index is 528. The zero-order valence-corrected chi connectivity index (χ0v) is 15.5. The highest BCUT2D eigenvalue weighted by Gasteiger charge is 2.11. The van der Waals surface area contributed by atoms with Crippen molar-refractivity contribution in [3.8, 4) is 5.75 Å². The highest BCUT2D eigenvalue weighted by atomic mass is 35.5. The van der Waals surface area contributed by atoms with Crippen molar-refractivity contribution < 1.29 is 19.1 Å². The van der Waals surface area contributed by atoms with Gasteiger partial charge in [-0.3, -0.25) is 9.59 Å². The minimum absolute atomic E-state index is 0.0388. The molecule has 0 spiro atoms. The Labute approximate surface area is 149 Å². The summed E-state index contributed by atoms with van der Waals surface area (Å²) in [5, 5.41) is 0.420. The van der Waals surface area contributed by atoms with E-state index in [0.29, 0.717) is 42.4 Å². The highest BCUT2D eigenvalue weighted by molar-refractivity contribution is 6.32. The van der Waals surface area contributed by atoms with Gasteiger partial charge in [0.2, 0.25) is 0 Å². The molecule has 1 aromatic carbocycles. The minimum Gasteiger partial charge on any atom is -0.463 e. The maximum Gasteiger partial charge on any atom is 0.311 e. The van der Waals surface area contributed by atoms with E-state index in [4.69, 9.17) is 21.1 Å². The molecule has 0 radical (unpaired) electrons. The maximum absolute atomic E-state index is 11.7. The molecule has 1 rings (SSSR count). The van der Waals surface area contributed by atoms with Crippen LogP contribution in [0.3, 0.4) is 0 Å². The molecular weight excluding hydrogens is 328 g/mol. The second kappa shape index (κ2) is 11.1. The zero-order valence-electron chi connectivity index (χ0n) is 14.7. The third-order valence-corrected chi connectivity index (χ3v) is 3.77. The van der Waals surface area contributed by atoms with E-state index in [2.05, 4.69) is 13.8 Å². The molecule has 24 heavy (non-hydrogen) atoms. The molecule has 0 aromatic heterocycles. The minimum atomic E-state index is -0.309. The van der Waals surface area contributed by atoms with Crippen LogP contribution in [-0.4, -0.2) is 18.0 Å². The van der Waals surface area contributed by atoms with Gasteiger partial charge < -0.3 is 9.47 Å². The van der Waals surface area contributed by atoms with Gasteiger partial charge in [0.05, 0.1) is 11.1 Å². The predicted octanol–water partition coefficient (Wildman–Crippen LogP) is 5.17. The first-order valence-electron chi connectivity index (χ1n) is 8.53. The fourth-order valence-electron chi connectivity index (χ4n) is 2.41. The molecule has 0 bridgehead atoms. The van der Waals surface area contributed by atoms with Gasteiger partial charge in [0.15, 0.2) is 0 Å². The Morgan fingerprint density at radius 2 is 1.62 bits per heavy atom. The summed E-state index contributed by atoms with van der Waals surface area (Å²) in [6.07, 6.45) is 3.71. The molecule has 0 aliphatic heterocycles. The molecule has 0 aliphatic carbocycles. The van der Waals surface area contributed by atoms with Gasteiger partial charge in [-0.1, -0.05) is 44.0 Å². The van der Waals surface area contributed by atoms with Gasteiger partial charge in [0.25, 0.3) is 0 Å². The van der Waals surface area contributed by atoms with Gasteiger partial charge in [-0.15, -0.1) is 0 Å². The SMILES string of the molecule is CC(C)CC(C)OC(=O)CCCCCC(=O)Oc1ccccc1Cl. The molecule has 5 heteroatoms. The molecule has 1 atom stereocenters. The zero-order chi connectivity index (χ0) is 17.9. The summed E-state index contributed by atoms with van der Waals surface area (Å²) in [4.78, 5) is 23.4. The van der Waals surface area contributed by atoms with Gasteiger partial charge >= 0.3 is 11.9 Å². The van der Waals surface area contributed by atoms with E-state index in [1.54, 1.807) is 24.3 Å². The van der Waals surface area contributed by atoms with E-state index in [9.17, 15) is 9.59 Å². The highest BCUT2D eigenvalue weighted by Crippen LogP contribution is 2.23. The van der Waals surface area contributed by atoms with Crippen LogP contribution in [0, 0.1) is 5.92 Å². The number of ether oxygens (including phenoxy) is 2. The number of benzene rings is 1. The van der Waals surface area contributed by atoms with Crippen LogP contribution in [0.1, 0.15) is 59.3 Å². The number of halogens is 1. The smallest absolute Gasteiger partial charge is 0.311 e. The van der Waals surface area contributed by atoms with E-state index in [1.165, 1.54) is 0 Å². The number of carbonyl (C=O) groups is 2. The lowest BCUT2D eigenvalue weighted by molar-refractivity contribution is -0.149. The molecule has 0 saturated heterocycles. The number of unbranched alkanes of at least 4 members (excludes halogenated alkanes) is 2. The van der Waals surface area contributed by atoms with E-state index >= 15 is 0 Å². The number of carbonyl (C=O) groups excluding carboxylic acids is 2. The van der Waals surface area contributed by atoms with Crippen LogP contribution < -0.4 is 4.74 Å². The van der Waals surface area contributed by atoms with Crippen LogP contribution in [0.15, 0.2) is 24.3 Å². The van der Waals surface area contributed by atoms with E-state index in [-0.39, 0.29) is 18.0 Å². The van der Waals surface area contributed by atoms with Crippen molar-refractivity contribution in [3.63, 3.8) is 0 Å². The van der Waals surface area contributed by atoms with E-state index in [0.717, 1.165) is 12.8 Å². The molecular formula is C19H27ClO4. The van der Waals surface area contributed by atoms with Crippen molar-refractivity contribution in [3.05, 3.63) is 29.3 Å². The van der Waals surface area contributed by atoms with Crippen LogP contribution in [0.5, 0.6) is 5.75 Å². The van der Waals surface area contributed by atoms with Gasteiger partial charge in [-0.2, -0.15) is 0 Å². The molecule has 1 aromatic rings. The van der Waals surface area contributed by atoms with Crippen molar-refractivity contribution in [1.82, 2.24) is 0 Å². The molecule has 0 saturated carbocycles. The average molecular weight is 355 g/mol. The molecule has 0 amide bonds. The van der Waals surface area contributed by atoms with Crippen LogP contribution in [0.2, 0.25) is 5.02 Å². The van der Waals surface area contributed by atoms with Crippen LogP contribution in [-0.2, 0) is 14.3 Å². The second-order valence-corrected chi connectivity index (χ2v) is 6.80. The monoisotopic (exact) mass is 354 g/mol. The summed E-state index contributed by atoms with van der Waals surface area (Å²) in [7, 11) is 0. The predicted molar refractivity (Wildman–Crippen MR) is 95.2 cm³/mol. The molecule has 1 unspecified atom stereocenters. The van der Waals surface area contributed by atoms with Crippen LogP contribution in [0.4, 0.5) is 0 Å². The molecule has 0 fully saturated rings. The number of para-hydroxylation sites is 1. The topological polar surface area (TPSA) is 52.6 Å². The van der Waals surface area contributed by atoms with Crippen molar-refractivity contribution in [2.75, 3.05) is 0 Å². The standard InChI is InChI=1S/C19H27ClO4/c1-14(2)13-15(3)23-18(21)11-5-4-6-12-19(22)24-17-10-8-7-9-16(17)20/h7-10,14-15H,4-6,11-13H2,1-3H3. The first kappa shape index (κ1) is 20.5. The summed E-state index contributed by atoms with van der Waals surface area (Å²) >= 11 is 5.93. The maximum atomic E-state index is 11.7. The Kier molecular flexibility index (Phi) is 9.46. The third-order valence-electron chi connectivity index (χ3n) is 3.46. The van der Waals surface area contributed by atoms with E-state index < -0.39 is 0 Å². The Balaban J connectivity index is 2.12. The summed E-state index contributed by atoms with van der Waals surface area (Å²) < 4.78 is 10.5. The Morgan fingerprint density at radius 3 is 2.25 bits per heavy atom. The van der Waals surface area contributed by atoms with Gasteiger partial charge in [0.1, 0.15) is 5.75 Å². The number of hydrogen-bond donors (Lipinski definition) is 0. The average Bonchev–Trinajstić information content (AvgIpc) is 2.48. The van der Waals surface area contributed by atoms with Crippen molar-refractivity contribution in [1.29, 1.82) is 0 Å². The quantitative estimate of drug-likeness (QED) is 0.330. The lowest BCUT2D eigenvalue weighted by Gasteiger charge is -2.15. The third kappa shape index (κ3) is 8.92. The number of esters is 2. The van der Waals surface area contributed by atoms with Crippen molar-refractivity contribution in [2.24, 2.45) is 5.92 Å². The van der Waals surface area contributed by atoms with Crippen molar-refractivity contribution >= 4 is 23.5 Å². The second-order valence-electron chi connectivity index (χ2n) is 6.40. The fraction of sp³-hybridized carbons (Fsp3) is 0.579. The largest absolute Gasteiger partial charge is 0.463 e. The van der Waals surface area contributed by atoms with Gasteiger partial charge in [-0.25, -0.2) is 0 Å². The van der Waals surface area contributed by atoms with E-state index in [1.807, 2.05) is 6.92 Å². The fourth-order valence-corrected chi connectivity index (χ4v) is 2.59. The lowest BCUT2D eigenvalue weighted by Crippen LogP contribution is -2.16. The number of hydrogen-bond acceptors (Lipinski definition) is 4. The Hall–Kier alpha value is -1.55.